The Bertz CT molecular complexity index is 836. The van der Waals surface area contributed by atoms with Gasteiger partial charge in [-0.25, -0.2) is 4.83 Å². The zero-order valence-electron chi connectivity index (χ0n) is 13.9. The SMILES string of the molecule is CCCOc1ccc(/C=N/NS(=O)(=O)c2ccc(Br)cc2)cc1OC. The Hall–Kier alpha value is -2.06. The molecule has 0 aliphatic rings. The van der Waals surface area contributed by atoms with Crippen LogP contribution in [0.4, 0.5) is 0 Å². The topological polar surface area (TPSA) is 77.0 Å². The van der Waals surface area contributed by atoms with E-state index in [0.29, 0.717) is 23.7 Å². The molecule has 0 fully saturated rings. The molecular weight excluding hydrogens is 408 g/mol. The lowest BCUT2D eigenvalue weighted by molar-refractivity contribution is 0.294. The number of nitrogens with zero attached hydrogens (tertiary/aromatic N) is 1. The highest BCUT2D eigenvalue weighted by molar-refractivity contribution is 9.10. The van der Waals surface area contributed by atoms with Crippen LogP contribution in [0.3, 0.4) is 0 Å². The number of ether oxygens (including phenoxy) is 2. The van der Waals surface area contributed by atoms with Crippen molar-refractivity contribution in [3.8, 4) is 11.5 Å². The first-order valence-corrected chi connectivity index (χ1v) is 9.85. The van der Waals surface area contributed by atoms with Crippen LogP contribution in [0.15, 0.2) is 56.9 Å². The van der Waals surface area contributed by atoms with Crippen molar-refractivity contribution in [3.63, 3.8) is 0 Å². The van der Waals surface area contributed by atoms with E-state index in [1.807, 2.05) is 6.92 Å². The Kier molecular flexibility index (Phi) is 6.83. The van der Waals surface area contributed by atoms with Crippen molar-refractivity contribution in [1.29, 1.82) is 0 Å². The summed E-state index contributed by atoms with van der Waals surface area (Å²) in [6.45, 7) is 2.61. The van der Waals surface area contributed by atoms with Crippen LogP contribution in [0.5, 0.6) is 11.5 Å². The zero-order valence-corrected chi connectivity index (χ0v) is 16.3. The van der Waals surface area contributed by atoms with Gasteiger partial charge in [0.15, 0.2) is 11.5 Å². The van der Waals surface area contributed by atoms with Gasteiger partial charge in [0.2, 0.25) is 0 Å². The smallest absolute Gasteiger partial charge is 0.276 e. The Balaban J connectivity index is 2.09. The number of nitrogens with one attached hydrogen (secondary N) is 1. The molecule has 6 nitrogen and oxygen atoms in total. The molecule has 134 valence electrons. The molecule has 0 aromatic heterocycles. The third kappa shape index (κ3) is 5.47. The minimum absolute atomic E-state index is 0.133. The average Bonchev–Trinajstić information content (AvgIpc) is 2.60. The third-order valence-electron chi connectivity index (χ3n) is 3.16. The van der Waals surface area contributed by atoms with E-state index in [1.165, 1.54) is 18.3 Å². The molecule has 0 atom stereocenters. The lowest BCUT2D eigenvalue weighted by Gasteiger charge is -2.10. The van der Waals surface area contributed by atoms with Crippen molar-refractivity contribution >= 4 is 32.2 Å². The maximum absolute atomic E-state index is 12.1. The highest BCUT2D eigenvalue weighted by atomic mass is 79.9. The number of hydrazone groups is 1. The summed E-state index contributed by atoms with van der Waals surface area (Å²) in [4.78, 5) is 2.32. The van der Waals surface area contributed by atoms with Crippen molar-refractivity contribution in [2.45, 2.75) is 18.2 Å². The van der Waals surface area contributed by atoms with Crippen LogP contribution in [0.25, 0.3) is 0 Å². The Morgan fingerprint density at radius 1 is 1.16 bits per heavy atom. The van der Waals surface area contributed by atoms with Gasteiger partial charge in [0.1, 0.15) is 0 Å². The maximum atomic E-state index is 12.1. The van der Waals surface area contributed by atoms with E-state index in [0.717, 1.165) is 10.9 Å². The summed E-state index contributed by atoms with van der Waals surface area (Å²) >= 11 is 3.26. The summed E-state index contributed by atoms with van der Waals surface area (Å²) in [5.41, 5.74) is 0.680. The van der Waals surface area contributed by atoms with E-state index in [1.54, 1.807) is 37.4 Å². The van der Waals surface area contributed by atoms with Crippen molar-refractivity contribution < 1.29 is 17.9 Å². The molecule has 0 bridgehead atoms. The lowest BCUT2D eigenvalue weighted by atomic mass is 10.2. The molecule has 0 radical (unpaired) electrons. The highest BCUT2D eigenvalue weighted by Gasteiger charge is 2.12. The van der Waals surface area contributed by atoms with E-state index in [-0.39, 0.29) is 4.90 Å². The molecule has 0 heterocycles. The van der Waals surface area contributed by atoms with Crippen molar-refractivity contribution in [2.75, 3.05) is 13.7 Å². The molecule has 2 aromatic rings. The second-order valence-electron chi connectivity index (χ2n) is 5.07. The molecule has 0 unspecified atom stereocenters. The van der Waals surface area contributed by atoms with Crippen LogP contribution in [0.2, 0.25) is 0 Å². The van der Waals surface area contributed by atoms with Gasteiger partial charge in [-0.05, 0) is 54.4 Å². The highest BCUT2D eigenvalue weighted by Crippen LogP contribution is 2.27. The number of halogens is 1. The summed E-state index contributed by atoms with van der Waals surface area (Å²) in [7, 11) is -2.16. The zero-order chi connectivity index (χ0) is 18.3. The van der Waals surface area contributed by atoms with Crippen LogP contribution in [-0.2, 0) is 10.0 Å². The largest absolute Gasteiger partial charge is 0.493 e. The molecule has 0 spiro atoms. The summed E-state index contributed by atoms with van der Waals surface area (Å²) in [5.74, 6) is 1.20. The molecule has 0 aliphatic heterocycles. The Morgan fingerprint density at radius 3 is 2.52 bits per heavy atom. The Labute approximate surface area is 156 Å². The summed E-state index contributed by atoms with van der Waals surface area (Å²) in [6.07, 6.45) is 2.30. The molecule has 0 saturated heterocycles. The fourth-order valence-electron chi connectivity index (χ4n) is 1.93. The minimum atomic E-state index is -3.71. The summed E-state index contributed by atoms with van der Waals surface area (Å²) in [6, 6.07) is 11.5. The summed E-state index contributed by atoms with van der Waals surface area (Å²) < 4.78 is 35.9. The second-order valence-corrected chi connectivity index (χ2v) is 7.64. The van der Waals surface area contributed by atoms with Crippen LogP contribution >= 0.6 is 15.9 Å². The van der Waals surface area contributed by atoms with E-state index in [4.69, 9.17) is 9.47 Å². The van der Waals surface area contributed by atoms with Gasteiger partial charge in [0, 0.05) is 4.47 Å². The molecule has 2 aromatic carbocycles. The summed E-state index contributed by atoms with van der Waals surface area (Å²) in [5, 5.41) is 3.81. The first-order valence-electron chi connectivity index (χ1n) is 7.57. The fourth-order valence-corrected chi connectivity index (χ4v) is 2.99. The average molecular weight is 427 g/mol. The monoisotopic (exact) mass is 426 g/mol. The van der Waals surface area contributed by atoms with Crippen LogP contribution in [0.1, 0.15) is 18.9 Å². The first-order chi connectivity index (χ1) is 12.0. The van der Waals surface area contributed by atoms with Gasteiger partial charge in [-0.3, -0.25) is 0 Å². The van der Waals surface area contributed by atoms with Crippen LogP contribution in [-0.4, -0.2) is 28.3 Å². The number of hydrogen-bond donors (Lipinski definition) is 1. The van der Waals surface area contributed by atoms with Crippen LogP contribution in [0, 0.1) is 0 Å². The molecule has 25 heavy (non-hydrogen) atoms. The molecule has 8 heteroatoms. The van der Waals surface area contributed by atoms with Gasteiger partial charge in [-0.1, -0.05) is 22.9 Å². The van der Waals surface area contributed by atoms with E-state index in [2.05, 4.69) is 25.9 Å². The van der Waals surface area contributed by atoms with E-state index in [9.17, 15) is 8.42 Å². The fraction of sp³-hybridized carbons (Fsp3) is 0.235. The number of rotatable bonds is 8. The van der Waals surface area contributed by atoms with Crippen LogP contribution < -0.4 is 14.3 Å². The molecular formula is C17H19BrN2O4S. The molecule has 0 aliphatic carbocycles. The van der Waals surface area contributed by atoms with Gasteiger partial charge in [0.05, 0.1) is 24.8 Å². The third-order valence-corrected chi connectivity index (χ3v) is 4.93. The molecule has 0 amide bonds. The van der Waals surface area contributed by atoms with Gasteiger partial charge in [-0.2, -0.15) is 13.5 Å². The quantitative estimate of drug-likeness (QED) is 0.516. The predicted molar refractivity (Wildman–Crippen MR) is 101 cm³/mol. The van der Waals surface area contributed by atoms with Crippen molar-refractivity contribution in [3.05, 3.63) is 52.5 Å². The second kappa shape index (κ2) is 8.87. The maximum Gasteiger partial charge on any atom is 0.276 e. The number of sulfonamides is 1. The standard InChI is InChI=1S/C17H19BrN2O4S/c1-3-10-24-16-9-4-13(11-17(16)23-2)12-19-20-25(21,22)15-7-5-14(18)6-8-15/h4-9,11-12,20H,3,10H2,1-2H3/b19-12+. The number of hydrogen-bond acceptors (Lipinski definition) is 5. The first kappa shape index (κ1) is 19.3. The predicted octanol–water partition coefficient (Wildman–Crippen LogP) is 3.56. The molecule has 2 rings (SSSR count). The lowest BCUT2D eigenvalue weighted by Crippen LogP contribution is -2.18. The molecule has 0 saturated carbocycles. The van der Waals surface area contributed by atoms with Gasteiger partial charge >= 0.3 is 0 Å². The minimum Gasteiger partial charge on any atom is -0.493 e. The van der Waals surface area contributed by atoms with E-state index < -0.39 is 10.0 Å². The van der Waals surface area contributed by atoms with Crippen molar-refractivity contribution in [2.24, 2.45) is 5.10 Å². The number of methoxy groups -OCH3 is 1. The molecule has 1 N–H and O–H groups in total. The normalized spacial score (nSPS) is 11.5. The Morgan fingerprint density at radius 2 is 1.88 bits per heavy atom. The van der Waals surface area contributed by atoms with Gasteiger partial charge in [0.25, 0.3) is 10.0 Å². The number of benzene rings is 2. The van der Waals surface area contributed by atoms with E-state index >= 15 is 0 Å². The van der Waals surface area contributed by atoms with Crippen molar-refractivity contribution in [1.82, 2.24) is 4.83 Å². The van der Waals surface area contributed by atoms with Gasteiger partial charge < -0.3 is 9.47 Å². The van der Waals surface area contributed by atoms with Gasteiger partial charge in [-0.15, -0.1) is 0 Å².